The molecule has 0 aliphatic carbocycles. The summed E-state index contributed by atoms with van der Waals surface area (Å²) in [5.74, 6) is -0.487. The van der Waals surface area contributed by atoms with Gasteiger partial charge in [0.1, 0.15) is 12.4 Å². The molecule has 1 fully saturated rings. The Morgan fingerprint density at radius 3 is 2.56 bits per heavy atom. The fourth-order valence-electron chi connectivity index (χ4n) is 4.11. The largest absolute Gasteiger partial charge is 0.489 e. The molecule has 3 N–H and O–H groups in total. The predicted octanol–water partition coefficient (Wildman–Crippen LogP) is 2.46. The highest BCUT2D eigenvalue weighted by atomic mass is 32.2. The van der Waals surface area contributed by atoms with Gasteiger partial charge in [-0.3, -0.25) is 15.0 Å². The smallest absolute Gasteiger partial charge is 0.250 e. The van der Waals surface area contributed by atoms with Gasteiger partial charge in [-0.1, -0.05) is 18.2 Å². The molecule has 0 radical (unpaired) electrons. The number of aromatic nitrogens is 1. The third-order valence-electron chi connectivity index (χ3n) is 5.92. The van der Waals surface area contributed by atoms with Crippen molar-refractivity contribution < 1.29 is 23.2 Å². The van der Waals surface area contributed by atoms with Gasteiger partial charge in [-0.15, -0.1) is 0 Å². The number of hydrogen-bond donors (Lipinski definition) is 3. The van der Waals surface area contributed by atoms with Crippen molar-refractivity contribution in [2.24, 2.45) is 5.41 Å². The molecule has 2 heterocycles. The fourth-order valence-corrected chi connectivity index (χ4v) is 5.97. The SMILES string of the molecule is O=C(NO)C1(CS(=O)(=O)c2ccc(OCc3cccc4ncccc34)cc2)CCNCC1. The van der Waals surface area contributed by atoms with Crippen molar-refractivity contribution in [2.75, 3.05) is 18.8 Å². The van der Waals surface area contributed by atoms with E-state index in [9.17, 15) is 13.2 Å². The summed E-state index contributed by atoms with van der Waals surface area (Å²) in [5.41, 5.74) is 2.36. The van der Waals surface area contributed by atoms with Gasteiger partial charge < -0.3 is 10.1 Å². The fraction of sp³-hybridized carbons (Fsp3) is 0.304. The Hall–Kier alpha value is -3.01. The lowest BCUT2D eigenvalue weighted by Crippen LogP contribution is -2.50. The van der Waals surface area contributed by atoms with Gasteiger partial charge >= 0.3 is 0 Å². The molecule has 0 atom stereocenters. The van der Waals surface area contributed by atoms with Crippen LogP contribution >= 0.6 is 0 Å². The Morgan fingerprint density at radius 1 is 1.09 bits per heavy atom. The number of carbonyl (C=O) groups is 1. The van der Waals surface area contributed by atoms with E-state index in [0.717, 1.165) is 16.5 Å². The van der Waals surface area contributed by atoms with Gasteiger partial charge in [0.2, 0.25) is 0 Å². The van der Waals surface area contributed by atoms with Crippen molar-refractivity contribution in [1.82, 2.24) is 15.8 Å². The van der Waals surface area contributed by atoms with E-state index < -0.39 is 21.2 Å². The highest BCUT2D eigenvalue weighted by Gasteiger charge is 2.43. The molecular formula is C23H25N3O5S. The van der Waals surface area contributed by atoms with Gasteiger partial charge in [0.15, 0.2) is 9.84 Å². The third-order valence-corrected chi connectivity index (χ3v) is 7.85. The van der Waals surface area contributed by atoms with Crippen LogP contribution in [0.1, 0.15) is 18.4 Å². The van der Waals surface area contributed by atoms with Crippen LogP contribution in [-0.4, -0.2) is 43.4 Å². The number of rotatable bonds is 7. The molecule has 3 aromatic rings. The molecule has 1 saturated heterocycles. The van der Waals surface area contributed by atoms with Gasteiger partial charge in [0, 0.05) is 11.6 Å². The van der Waals surface area contributed by atoms with Crippen LogP contribution < -0.4 is 15.5 Å². The van der Waals surface area contributed by atoms with Gasteiger partial charge in [0.25, 0.3) is 5.91 Å². The molecule has 9 heteroatoms. The van der Waals surface area contributed by atoms with E-state index in [1.165, 1.54) is 12.1 Å². The van der Waals surface area contributed by atoms with Crippen LogP contribution in [0.4, 0.5) is 0 Å². The van der Waals surface area contributed by atoms with Crippen molar-refractivity contribution in [3.05, 3.63) is 66.4 Å². The van der Waals surface area contributed by atoms with Crippen LogP contribution in [0.15, 0.2) is 65.7 Å². The summed E-state index contributed by atoms with van der Waals surface area (Å²) in [4.78, 5) is 16.7. The number of fused-ring (bicyclic) bond motifs is 1. The molecule has 0 saturated carbocycles. The van der Waals surface area contributed by atoms with E-state index in [4.69, 9.17) is 9.94 Å². The third kappa shape index (κ3) is 4.59. The second kappa shape index (κ2) is 9.23. The highest BCUT2D eigenvalue weighted by Crippen LogP contribution is 2.33. The summed E-state index contributed by atoms with van der Waals surface area (Å²) in [5, 5.41) is 13.3. The number of sulfone groups is 1. The average Bonchev–Trinajstić information content (AvgIpc) is 2.82. The number of piperidine rings is 1. The van der Waals surface area contributed by atoms with Gasteiger partial charge in [-0.25, -0.2) is 13.9 Å². The zero-order chi connectivity index (χ0) is 22.6. The monoisotopic (exact) mass is 455 g/mol. The lowest BCUT2D eigenvalue weighted by Gasteiger charge is -2.34. The molecule has 2 aromatic carbocycles. The zero-order valence-electron chi connectivity index (χ0n) is 17.5. The highest BCUT2D eigenvalue weighted by molar-refractivity contribution is 7.91. The van der Waals surface area contributed by atoms with Gasteiger partial charge in [0.05, 0.1) is 21.6 Å². The lowest BCUT2D eigenvalue weighted by molar-refractivity contribution is -0.140. The number of hydrogen-bond acceptors (Lipinski definition) is 7. The minimum absolute atomic E-state index is 0.114. The molecule has 0 spiro atoms. The lowest BCUT2D eigenvalue weighted by atomic mass is 9.80. The number of nitrogens with one attached hydrogen (secondary N) is 2. The Bertz CT molecular complexity index is 1200. The van der Waals surface area contributed by atoms with Crippen LogP contribution in [0.3, 0.4) is 0 Å². The Kier molecular flexibility index (Phi) is 6.40. The van der Waals surface area contributed by atoms with Crippen LogP contribution in [0.25, 0.3) is 10.9 Å². The number of nitrogens with zero attached hydrogens (tertiary/aromatic N) is 1. The first-order valence-electron chi connectivity index (χ1n) is 10.4. The number of carbonyl (C=O) groups excluding carboxylic acids is 1. The average molecular weight is 456 g/mol. The number of amides is 1. The predicted molar refractivity (Wildman–Crippen MR) is 119 cm³/mol. The number of benzene rings is 2. The quantitative estimate of drug-likeness (QED) is 0.370. The van der Waals surface area contributed by atoms with Crippen LogP contribution in [0, 0.1) is 5.41 Å². The van der Waals surface area contributed by atoms with Crippen molar-refractivity contribution in [3.8, 4) is 5.75 Å². The first-order valence-corrected chi connectivity index (χ1v) is 12.0. The van der Waals surface area contributed by atoms with Crippen molar-refractivity contribution in [1.29, 1.82) is 0 Å². The molecule has 32 heavy (non-hydrogen) atoms. The summed E-state index contributed by atoms with van der Waals surface area (Å²) in [6.07, 6.45) is 2.41. The first kappa shape index (κ1) is 22.2. The molecule has 1 aromatic heterocycles. The summed E-state index contributed by atoms with van der Waals surface area (Å²) < 4.78 is 31.9. The molecule has 8 nitrogen and oxygen atoms in total. The van der Waals surface area contributed by atoms with Crippen molar-refractivity contribution in [2.45, 2.75) is 24.3 Å². The topological polar surface area (TPSA) is 118 Å². The van der Waals surface area contributed by atoms with E-state index in [2.05, 4.69) is 10.3 Å². The molecule has 1 aliphatic heterocycles. The Labute approximate surface area is 186 Å². The standard InChI is InChI=1S/C23H25N3O5S/c27-22(26-28)23(10-13-24-14-11-23)16-32(29,30)19-8-6-18(7-9-19)31-15-17-3-1-5-21-20(17)4-2-12-25-21/h1-9,12,24,28H,10-11,13-16H2,(H,26,27). The number of pyridine rings is 1. The molecule has 1 amide bonds. The summed E-state index contributed by atoms with van der Waals surface area (Å²) in [7, 11) is -3.75. The second-order valence-corrected chi connectivity index (χ2v) is 9.97. The van der Waals surface area contributed by atoms with Crippen LogP contribution in [0.2, 0.25) is 0 Å². The maximum Gasteiger partial charge on any atom is 0.250 e. The van der Waals surface area contributed by atoms with Gasteiger partial charge in [-0.05, 0) is 67.9 Å². The van der Waals surface area contributed by atoms with E-state index in [0.29, 0.717) is 38.3 Å². The zero-order valence-corrected chi connectivity index (χ0v) is 18.3. The minimum Gasteiger partial charge on any atom is -0.489 e. The summed E-state index contributed by atoms with van der Waals surface area (Å²) in [6.45, 7) is 1.35. The normalized spacial score (nSPS) is 15.9. The van der Waals surface area contributed by atoms with Gasteiger partial charge in [-0.2, -0.15) is 0 Å². The Morgan fingerprint density at radius 2 is 1.84 bits per heavy atom. The second-order valence-electron chi connectivity index (χ2n) is 7.98. The van der Waals surface area contributed by atoms with Crippen molar-refractivity contribution >= 4 is 26.6 Å². The number of ether oxygens (including phenoxy) is 1. The number of hydroxylamine groups is 1. The van der Waals surface area contributed by atoms with Crippen LogP contribution in [-0.2, 0) is 21.2 Å². The molecule has 0 unspecified atom stereocenters. The van der Waals surface area contributed by atoms with E-state index in [1.807, 2.05) is 30.3 Å². The first-order chi connectivity index (χ1) is 15.4. The maximum atomic E-state index is 13.0. The van der Waals surface area contributed by atoms with E-state index in [-0.39, 0.29) is 10.6 Å². The Balaban J connectivity index is 1.48. The minimum atomic E-state index is -3.75. The van der Waals surface area contributed by atoms with Crippen molar-refractivity contribution in [3.63, 3.8) is 0 Å². The van der Waals surface area contributed by atoms with E-state index >= 15 is 0 Å². The molecule has 0 bridgehead atoms. The summed E-state index contributed by atoms with van der Waals surface area (Å²) >= 11 is 0. The molecule has 4 rings (SSSR count). The summed E-state index contributed by atoms with van der Waals surface area (Å²) in [6, 6.07) is 15.9. The van der Waals surface area contributed by atoms with Crippen LogP contribution in [0.5, 0.6) is 5.75 Å². The molecule has 1 aliphatic rings. The molecule has 168 valence electrons. The maximum absolute atomic E-state index is 13.0. The molecular weight excluding hydrogens is 430 g/mol. The van der Waals surface area contributed by atoms with E-state index in [1.54, 1.807) is 23.8 Å².